The first-order valence-electron chi connectivity index (χ1n) is 7.47. The summed E-state index contributed by atoms with van der Waals surface area (Å²) in [5.74, 6) is 0.606. The molecule has 2 fully saturated rings. The lowest BCUT2D eigenvalue weighted by Gasteiger charge is -2.20. The lowest BCUT2D eigenvalue weighted by molar-refractivity contribution is 0.163. The summed E-state index contributed by atoms with van der Waals surface area (Å²) in [6.07, 6.45) is 4.21. The van der Waals surface area contributed by atoms with Gasteiger partial charge in [-0.15, -0.1) is 0 Å². The van der Waals surface area contributed by atoms with Crippen LogP contribution in [0.4, 0.5) is 4.79 Å². The van der Waals surface area contributed by atoms with E-state index in [1.807, 2.05) is 0 Å². The molecule has 0 radical (unpaired) electrons. The lowest BCUT2D eigenvalue weighted by atomic mass is 10.1. The molecule has 1 saturated heterocycles. The third-order valence-electron chi connectivity index (χ3n) is 4.15. The number of carbonyl (C=O) groups excluding carboxylic acids is 1. The van der Waals surface area contributed by atoms with Crippen molar-refractivity contribution in [3.63, 3.8) is 0 Å². The number of rotatable bonds is 6. The second-order valence-corrected chi connectivity index (χ2v) is 6.13. The average molecular weight is 269 g/mol. The van der Waals surface area contributed by atoms with Crippen molar-refractivity contribution in [2.24, 2.45) is 5.92 Å². The molecule has 0 bridgehead atoms. The van der Waals surface area contributed by atoms with Gasteiger partial charge in [0.1, 0.15) is 0 Å². The van der Waals surface area contributed by atoms with Crippen molar-refractivity contribution < 1.29 is 9.90 Å². The van der Waals surface area contributed by atoms with E-state index in [0.29, 0.717) is 18.9 Å². The van der Waals surface area contributed by atoms with Crippen LogP contribution in [0.3, 0.4) is 0 Å². The van der Waals surface area contributed by atoms with Crippen LogP contribution in [0.2, 0.25) is 0 Å². The summed E-state index contributed by atoms with van der Waals surface area (Å²) in [6, 6.07) is 0.819. The van der Waals surface area contributed by atoms with Gasteiger partial charge < -0.3 is 20.2 Å². The molecule has 0 aromatic carbocycles. The zero-order chi connectivity index (χ0) is 13.8. The molecule has 2 atom stereocenters. The number of hydrogen-bond donors (Lipinski definition) is 2. The van der Waals surface area contributed by atoms with E-state index in [1.54, 1.807) is 18.9 Å². The molecule has 0 spiro atoms. The first-order valence-corrected chi connectivity index (χ1v) is 7.47. The van der Waals surface area contributed by atoms with Crippen LogP contribution in [0.5, 0.6) is 0 Å². The van der Waals surface area contributed by atoms with Gasteiger partial charge in [-0.1, -0.05) is 0 Å². The fourth-order valence-electron chi connectivity index (χ4n) is 2.65. The quantitative estimate of drug-likeness (QED) is 0.753. The fraction of sp³-hybridized carbons (Fsp3) is 0.929. The number of likely N-dealkylation sites (tertiary alicyclic amines) is 1. The van der Waals surface area contributed by atoms with Gasteiger partial charge in [0.2, 0.25) is 0 Å². The first-order chi connectivity index (χ1) is 9.06. The minimum Gasteiger partial charge on any atom is -0.393 e. The van der Waals surface area contributed by atoms with Crippen LogP contribution < -0.4 is 5.32 Å². The van der Waals surface area contributed by atoms with Crippen molar-refractivity contribution in [3.8, 4) is 0 Å². The Morgan fingerprint density at radius 1 is 1.47 bits per heavy atom. The topological polar surface area (TPSA) is 55.8 Å². The van der Waals surface area contributed by atoms with E-state index in [2.05, 4.69) is 10.2 Å². The molecule has 2 aliphatic rings. The van der Waals surface area contributed by atoms with Crippen LogP contribution >= 0.6 is 0 Å². The Hall–Kier alpha value is -0.810. The maximum absolute atomic E-state index is 11.9. The minimum absolute atomic E-state index is 0.0227. The molecule has 5 nitrogen and oxygen atoms in total. The van der Waals surface area contributed by atoms with Crippen LogP contribution in [-0.2, 0) is 0 Å². The van der Waals surface area contributed by atoms with Gasteiger partial charge in [0, 0.05) is 32.7 Å². The van der Waals surface area contributed by atoms with Crippen molar-refractivity contribution in [3.05, 3.63) is 0 Å². The highest BCUT2D eigenvalue weighted by atomic mass is 16.3. The monoisotopic (exact) mass is 269 g/mol. The van der Waals surface area contributed by atoms with Gasteiger partial charge in [0.05, 0.1) is 6.10 Å². The van der Waals surface area contributed by atoms with Gasteiger partial charge >= 0.3 is 6.03 Å². The number of carbonyl (C=O) groups is 1. The number of aliphatic hydroxyl groups is 1. The summed E-state index contributed by atoms with van der Waals surface area (Å²) in [5.41, 5.74) is 0. The molecule has 19 heavy (non-hydrogen) atoms. The SMILES string of the molecule is CC(O)CCN(C)C(=O)NCC1CCN(C2CC2)C1. The van der Waals surface area contributed by atoms with Crippen LogP contribution in [0.25, 0.3) is 0 Å². The Labute approximate surface area is 115 Å². The third-order valence-corrected chi connectivity index (χ3v) is 4.15. The van der Waals surface area contributed by atoms with E-state index in [4.69, 9.17) is 0 Å². The predicted octanol–water partition coefficient (Wildman–Crippen LogP) is 0.883. The van der Waals surface area contributed by atoms with Gasteiger partial charge in [0.25, 0.3) is 0 Å². The van der Waals surface area contributed by atoms with E-state index in [-0.39, 0.29) is 12.1 Å². The largest absolute Gasteiger partial charge is 0.393 e. The third kappa shape index (κ3) is 4.66. The molecule has 2 N–H and O–H groups in total. The molecule has 2 unspecified atom stereocenters. The Morgan fingerprint density at radius 2 is 2.21 bits per heavy atom. The van der Waals surface area contributed by atoms with E-state index in [0.717, 1.165) is 19.1 Å². The Morgan fingerprint density at radius 3 is 2.84 bits per heavy atom. The van der Waals surface area contributed by atoms with Crippen LogP contribution in [0.15, 0.2) is 0 Å². The summed E-state index contributed by atoms with van der Waals surface area (Å²) in [7, 11) is 1.78. The maximum atomic E-state index is 11.9. The van der Waals surface area contributed by atoms with Crippen molar-refractivity contribution in [2.75, 3.05) is 33.2 Å². The zero-order valence-electron chi connectivity index (χ0n) is 12.1. The number of nitrogens with one attached hydrogen (secondary N) is 1. The molecule has 0 aromatic rings. The smallest absolute Gasteiger partial charge is 0.317 e. The maximum Gasteiger partial charge on any atom is 0.317 e. The van der Waals surface area contributed by atoms with Crippen molar-refractivity contribution in [2.45, 2.75) is 44.8 Å². The van der Waals surface area contributed by atoms with Gasteiger partial charge in [0.15, 0.2) is 0 Å². The highest BCUT2D eigenvalue weighted by molar-refractivity contribution is 5.73. The van der Waals surface area contributed by atoms with Crippen molar-refractivity contribution in [1.29, 1.82) is 0 Å². The summed E-state index contributed by atoms with van der Waals surface area (Å²) in [5, 5.41) is 12.2. The number of hydrogen-bond acceptors (Lipinski definition) is 3. The molecule has 5 heteroatoms. The van der Waals surface area contributed by atoms with Crippen molar-refractivity contribution >= 4 is 6.03 Å². The van der Waals surface area contributed by atoms with Gasteiger partial charge in [-0.2, -0.15) is 0 Å². The van der Waals surface area contributed by atoms with Crippen LogP contribution in [-0.4, -0.2) is 66.3 Å². The summed E-state index contributed by atoms with van der Waals surface area (Å²) >= 11 is 0. The van der Waals surface area contributed by atoms with Gasteiger partial charge in [-0.05, 0) is 45.1 Å². The molecule has 1 heterocycles. The molecule has 2 rings (SSSR count). The van der Waals surface area contributed by atoms with Gasteiger partial charge in [-0.3, -0.25) is 0 Å². The second-order valence-electron chi connectivity index (χ2n) is 6.13. The van der Waals surface area contributed by atoms with E-state index >= 15 is 0 Å². The van der Waals surface area contributed by atoms with E-state index < -0.39 is 0 Å². The molecular weight excluding hydrogens is 242 g/mol. The summed E-state index contributed by atoms with van der Waals surface area (Å²) in [6.45, 7) is 5.46. The molecule has 1 saturated carbocycles. The number of amides is 2. The summed E-state index contributed by atoms with van der Waals surface area (Å²) in [4.78, 5) is 16.1. The second kappa shape index (κ2) is 6.57. The highest BCUT2D eigenvalue weighted by Gasteiger charge is 2.34. The van der Waals surface area contributed by atoms with Crippen LogP contribution in [0.1, 0.15) is 32.6 Å². The average Bonchev–Trinajstić information content (AvgIpc) is 3.12. The van der Waals surface area contributed by atoms with E-state index in [9.17, 15) is 9.90 Å². The number of aliphatic hydroxyl groups excluding tert-OH is 1. The summed E-state index contributed by atoms with van der Waals surface area (Å²) < 4.78 is 0. The first kappa shape index (κ1) is 14.6. The predicted molar refractivity (Wildman–Crippen MR) is 75.0 cm³/mol. The molecule has 1 aliphatic heterocycles. The molecule has 0 aromatic heterocycles. The Balaban J connectivity index is 1.60. The number of nitrogens with zero attached hydrogens (tertiary/aromatic N) is 2. The highest BCUT2D eigenvalue weighted by Crippen LogP contribution is 2.31. The standard InChI is InChI=1S/C14H27N3O2/c1-11(18)5-7-16(2)14(19)15-9-12-6-8-17(10-12)13-3-4-13/h11-13,18H,3-10H2,1-2H3,(H,15,19). The van der Waals surface area contributed by atoms with Crippen molar-refractivity contribution in [1.82, 2.24) is 15.1 Å². The normalized spacial score (nSPS) is 25.3. The molecular formula is C14H27N3O2. The fourth-order valence-corrected chi connectivity index (χ4v) is 2.65. The molecule has 110 valence electrons. The van der Waals surface area contributed by atoms with E-state index in [1.165, 1.54) is 25.8 Å². The van der Waals surface area contributed by atoms with Crippen LogP contribution in [0, 0.1) is 5.92 Å². The van der Waals surface area contributed by atoms with Gasteiger partial charge in [-0.25, -0.2) is 4.79 Å². The molecule has 1 aliphatic carbocycles. The minimum atomic E-state index is -0.350. The Kier molecular flexibility index (Phi) is 5.05. The lowest BCUT2D eigenvalue weighted by Crippen LogP contribution is -2.41. The molecule has 2 amide bonds. The number of urea groups is 1. The zero-order valence-corrected chi connectivity index (χ0v) is 12.1. The Bertz CT molecular complexity index is 305.